The topological polar surface area (TPSA) is 38.8 Å². The van der Waals surface area contributed by atoms with Crippen molar-refractivity contribution < 1.29 is 14.3 Å². The van der Waals surface area contributed by atoms with Gasteiger partial charge < -0.3 is 14.4 Å². The van der Waals surface area contributed by atoms with Crippen LogP contribution >= 0.6 is 0 Å². The Bertz CT molecular complexity index is 329. The summed E-state index contributed by atoms with van der Waals surface area (Å²) in [5.74, 6) is 0.202. The van der Waals surface area contributed by atoms with Crippen molar-refractivity contribution in [1.29, 1.82) is 0 Å². The summed E-state index contributed by atoms with van der Waals surface area (Å²) in [7, 11) is 0. The molecule has 0 aromatic rings. The summed E-state index contributed by atoms with van der Waals surface area (Å²) < 4.78 is 11.4. The molecule has 18 heavy (non-hydrogen) atoms. The van der Waals surface area contributed by atoms with E-state index in [1.54, 1.807) is 0 Å². The smallest absolute Gasteiger partial charge is 0.225 e. The van der Waals surface area contributed by atoms with Gasteiger partial charge in [0.1, 0.15) is 0 Å². The second-order valence-corrected chi connectivity index (χ2v) is 6.65. The fourth-order valence-corrected chi connectivity index (χ4v) is 3.27. The van der Waals surface area contributed by atoms with Gasteiger partial charge >= 0.3 is 0 Å². The van der Waals surface area contributed by atoms with Crippen molar-refractivity contribution in [2.24, 2.45) is 11.3 Å². The fraction of sp³-hybridized carbons (Fsp3) is 0.929. The molecule has 1 spiro atoms. The van der Waals surface area contributed by atoms with Crippen LogP contribution in [-0.4, -0.2) is 42.9 Å². The summed E-state index contributed by atoms with van der Waals surface area (Å²) in [6.07, 6.45) is 4.61. The van der Waals surface area contributed by atoms with E-state index in [2.05, 4.69) is 0 Å². The van der Waals surface area contributed by atoms with Crippen LogP contribution in [-0.2, 0) is 14.3 Å². The summed E-state index contributed by atoms with van der Waals surface area (Å²) in [4.78, 5) is 14.2. The summed E-state index contributed by atoms with van der Waals surface area (Å²) >= 11 is 0. The zero-order chi connectivity index (χ0) is 12.8. The van der Waals surface area contributed by atoms with Gasteiger partial charge in [-0.25, -0.2) is 0 Å². The van der Waals surface area contributed by atoms with E-state index in [0.717, 1.165) is 25.9 Å². The molecular weight excluding hydrogens is 230 g/mol. The van der Waals surface area contributed by atoms with Gasteiger partial charge in [0.15, 0.2) is 5.79 Å². The SMILES string of the molecule is CC1(C)OCC2(CO1)CN(C(=O)C1CCCC1)C2. The minimum atomic E-state index is -0.457. The number of likely N-dealkylation sites (tertiary alicyclic amines) is 1. The lowest BCUT2D eigenvalue weighted by Crippen LogP contribution is -2.66. The molecule has 0 aromatic heterocycles. The highest BCUT2D eigenvalue weighted by atomic mass is 16.7. The van der Waals surface area contributed by atoms with Gasteiger partial charge in [0.2, 0.25) is 5.91 Å². The average Bonchev–Trinajstić information content (AvgIpc) is 2.79. The normalized spacial score (nSPS) is 30.4. The first kappa shape index (κ1) is 12.4. The first-order valence-electron chi connectivity index (χ1n) is 7.07. The molecule has 0 bridgehead atoms. The third-order valence-corrected chi connectivity index (χ3v) is 4.52. The van der Waals surface area contributed by atoms with Gasteiger partial charge in [0, 0.05) is 19.0 Å². The standard InChI is InChI=1S/C14H23NO3/c1-13(2)17-9-14(10-18-13)7-15(8-14)12(16)11-5-3-4-6-11/h11H,3-10H2,1-2H3. The molecule has 2 heterocycles. The van der Waals surface area contributed by atoms with E-state index in [1.807, 2.05) is 18.7 Å². The molecule has 0 unspecified atom stereocenters. The number of ether oxygens (including phenoxy) is 2. The molecule has 3 rings (SSSR count). The van der Waals surface area contributed by atoms with Gasteiger partial charge in [-0.15, -0.1) is 0 Å². The lowest BCUT2D eigenvalue weighted by atomic mass is 9.79. The Morgan fingerprint density at radius 1 is 1.11 bits per heavy atom. The molecule has 2 aliphatic heterocycles. The highest BCUT2D eigenvalue weighted by Crippen LogP contribution is 2.39. The van der Waals surface area contributed by atoms with Crippen LogP contribution < -0.4 is 0 Å². The van der Waals surface area contributed by atoms with Gasteiger partial charge in [-0.2, -0.15) is 0 Å². The Morgan fingerprint density at radius 2 is 1.67 bits per heavy atom. The van der Waals surface area contributed by atoms with Crippen LogP contribution in [0.3, 0.4) is 0 Å². The molecule has 0 aromatic carbocycles. The van der Waals surface area contributed by atoms with E-state index >= 15 is 0 Å². The van der Waals surface area contributed by atoms with Crippen LogP contribution in [0.4, 0.5) is 0 Å². The Hall–Kier alpha value is -0.610. The minimum Gasteiger partial charge on any atom is -0.350 e. The van der Waals surface area contributed by atoms with Crippen molar-refractivity contribution in [3.05, 3.63) is 0 Å². The Balaban J connectivity index is 1.52. The summed E-state index contributed by atoms with van der Waals surface area (Å²) in [6.45, 7) is 6.96. The number of carbonyl (C=O) groups excluding carboxylic acids is 1. The van der Waals surface area contributed by atoms with E-state index in [4.69, 9.17) is 9.47 Å². The van der Waals surface area contributed by atoms with Crippen LogP contribution in [0.1, 0.15) is 39.5 Å². The molecule has 0 radical (unpaired) electrons. The maximum absolute atomic E-state index is 12.2. The Morgan fingerprint density at radius 3 is 2.22 bits per heavy atom. The lowest BCUT2D eigenvalue weighted by molar-refractivity contribution is -0.303. The summed E-state index contributed by atoms with van der Waals surface area (Å²) in [5, 5.41) is 0. The molecule has 1 aliphatic carbocycles. The zero-order valence-corrected chi connectivity index (χ0v) is 11.4. The first-order chi connectivity index (χ1) is 8.50. The van der Waals surface area contributed by atoms with Crippen molar-refractivity contribution >= 4 is 5.91 Å². The second kappa shape index (κ2) is 4.20. The molecule has 102 valence electrons. The molecular formula is C14H23NO3. The lowest BCUT2D eigenvalue weighted by Gasteiger charge is -2.54. The van der Waals surface area contributed by atoms with Crippen molar-refractivity contribution in [1.82, 2.24) is 4.90 Å². The molecule has 1 saturated carbocycles. The third-order valence-electron chi connectivity index (χ3n) is 4.52. The minimum absolute atomic E-state index is 0.0732. The highest BCUT2D eigenvalue weighted by Gasteiger charge is 2.50. The van der Waals surface area contributed by atoms with E-state index in [0.29, 0.717) is 25.0 Å². The quantitative estimate of drug-likeness (QED) is 0.715. The number of nitrogens with zero attached hydrogens (tertiary/aromatic N) is 1. The van der Waals surface area contributed by atoms with Crippen molar-refractivity contribution in [3.8, 4) is 0 Å². The van der Waals surface area contributed by atoms with Crippen LogP contribution in [0.2, 0.25) is 0 Å². The largest absolute Gasteiger partial charge is 0.350 e. The number of carbonyl (C=O) groups is 1. The third kappa shape index (κ3) is 2.16. The van der Waals surface area contributed by atoms with Gasteiger partial charge in [0.25, 0.3) is 0 Å². The van der Waals surface area contributed by atoms with E-state index < -0.39 is 5.79 Å². The highest BCUT2D eigenvalue weighted by molar-refractivity contribution is 5.80. The number of hydrogen-bond acceptors (Lipinski definition) is 3. The molecule has 0 N–H and O–H groups in total. The van der Waals surface area contributed by atoms with Gasteiger partial charge in [-0.05, 0) is 26.7 Å². The van der Waals surface area contributed by atoms with Crippen LogP contribution in [0.5, 0.6) is 0 Å². The van der Waals surface area contributed by atoms with Gasteiger partial charge in [0.05, 0.1) is 18.6 Å². The van der Waals surface area contributed by atoms with E-state index in [9.17, 15) is 4.79 Å². The maximum Gasteiger partial charge on any atom is 0.225 e. The molecule has 4 nitrogen and oxygen atoms in total. The predicted octanol–water partition coefficient (Wildman–Crippen LogP) is 1.79. The second-order valence-electron chi connectivity index (χ2n) is 6.65. The fourth-order valence-electron chi connectivity index (χ4n) is 3.27. The van der Waals surface area contributed by atoms with Crippen molar-refractivity contribution in [3.63, 3.8) is 0 Å². The molecule has 2 saturated heterocycles. The number of hydrogen-bond donors (Lipinski definition) is 0. The maximum atomic E-state index is 12.2. The van der Waals surface area contributed by atoms with Crippen LogP contribution in [0.25, 0.3) is 0 Å². The molecule has 3 fully saturated rings. The number of rotatable bonds is 1. The molecule has 1 amide bonds. The monoisotopic (exact) mass is 253 g/mol. The van der Waals surface area contributed by atoms with E-state index in [-0.39, 0.29) is 5.41 Å². The van der Waals surface area contributed by atoms with Crippen molar-refractivity contribution in [2.45, 2.75) is 45.3 Å². The summed E-state index contributed by atoms with van der Waals surface area (Å²) in [6, 6.07) is 0. The van der Waals surface area contributed by atoms with Gasteiger partial charge in [-0.3, -0.25) is 4.79 Å². The zero-order valence-electron chi connectivity index (χ0n) is 11.4. The summed E-state index contributed by atoms with van der Waals surface area (Å²) in [5.41, 5.74) is 0.0732. The first-order valence-corrected chi connectivity index (χ1v) is 7.07. The number of amides is 1. The average molecular weight is 253 g/mol. The molecule has 4 heteroatoms. The molecule has 3 aliphatic rings. The van der Waals surface area contributed by atoms with E-state index in [1.165, 1.54) is 12.8 Å². The van der Waals surface area contributed by atoms with Crippen LogP contribution in [0, 0.1) is 11.3 Å². The Kier molecular flexibility index (Phi) is 2.90. The van der Waals surface area contributed by atoms with Crippen LogP contribution in [0.15, 0.2) is 0 Å². The van der Waals surface area contributed by atoms with Crippen molar-refractivity contribution in [2.75, 3.05) is 26.3 Å². The predicted molar refractivity (Wildman–Crippen MR) is 67.0 cm³/mol. The Labute approximate surface area is 109 Å². The van der Waals surface area contributed by atoms with Gasteiger partial charge in [-0.1, -0.05) is 12.8 Å². The molecule has 0 atom stereocenters.